The molecule has 1 N–H and O–H groups in total. The van der Waals surface area contributed by atoms with E-state index in [0.717, 1.165) is 16.8 Å². The van der Waals surface area contributed by atoms with Gasteiger partial charge in [-0.25, -0.2) is 13.1 Å². The number of amides is 1. The van der Waals surface area contributed by atoms with Gasteiger partial charge in [0.15, 0.2) is 0 Å². The molecule has 1 rings (SSSR count). The molecule has 0 atom stereocenters. The summed E-state index contributed by atoms with van der Waals surface area (Å²) in [6, 6.07) is 5.87. The SMILES string of the molecule is CCS(=O)(=O)NCCN(C(C)=O)c1cc(C)cc(C)c1. The third-order valence-electron chi connectivity index (χ3n) is 2.94. The summed E-state index contributed by atoms with van der Waals surface area (Å²) in [5.41, 5.74) is 2.94. The van der Waals surface area contributed by atoms with E-state index in [-0.39, 0.29) is 18.2 Å². The van der Waals surface area contributed by atoms with Gasteiger partial charge in [-0.3, -0.25) is 4.79 Å². The number of hydrogen-bond acceptors (Lipinski definition) is 3. The first-order valence-corrected chi connectivity index (χ1v) is 8.24. The minimum Gasteiger partial charge on any atom is -0.311 e. The number of benzene rings is 1. The van der Waals surface area contributed by atoms with Crippen molar-refractivity contribution in [2.24, 2.45) is 0 Å². The molecular formula is C14H22N2O3S. The zero-order chi connectivity index (χ0) is 15.3. The molecule has 0 saturated carbocycles. The monoisotopic (exact) mass is 298 g/mol. The van der Waals surface area contributed by atoms with Gasteiger partial charge in [-0.2, -0.15) is 0 Å². The Labute approximate surface area is 121 Å². The second-order valence-electron chi connectivity index (χ2n) is 4.81. The summed E-state index contributed by atoms with van der Waals surface area (Å²) < 4.78 is 25.2. The predicted molar refractivity (Wildman–Crippen MR) is 81.4 cm³/mol. The average molecular weight is 298 g/mol. The van der Waals surface area contributed by atoms with E-state index in [1.807, 2.05) is 32.0 Å². The molecule has 0 saturated heterocycles. The number of sulfonamides is 1. The topological polar surface area (TPSA) is 66.5 Å². The van der Waals surface area contributed by atoms with Gasteiger partial charge < -0.3 is 4.90 Å². The molecule has 0 aromatic heterocycles. The lowest BCUT2D eigenvalue weighted by atomic mass is 10.1. The van der Waals surface area contributed by atoms with E-state index in [1.165, 1.54) is 6.92 Å². The van der Waals surface area contributed by atoms with Gasteiger partial charge >= 0.3 is 0 Å². The van der Waals surface area contributed by atoms with Crippen LogP contribution in [0.15, 0.2) is 18.2 Å². The highest BCUT2D eigenvalue weighted by Gasteiger charge is 2.13. The highest BCUT2D eigenvalue weighted by atomic mass is 32.2. The number of hydrogen-bond donors (Lipinski definition) is 1. The molecule has 112 valence electrons. The molecular weight excluding hydrogens is 276 g/mol. The van der Waals surface area contributed by atoms with Gasteiger partial charge in [0.05, 0.1) is 5.75 Å². The molecule has 0 heterocycles. The quantitative estimate of drug-likeness (QED) is 0.867. The van der Waals surface area contributed by atoms with Crippen LogP contribution in [0.5, 0.6) is 0 Å². The Morgan fingerprint density at radius 1 is 1.20 bits per heavy atom. The van der Waals surface area contributed by atoms with E-state index in [2.05, 4.69) is 4.72 Å². The van der Waals surface area contributed by atoms with E-state index < -0.39 is 10.0 Å². The van der Waals surface area contributed by atoms with E-state index >= 15 is 0 Å². The fourth-order valence-electron chi connectivity index (χ4n) is 1.99. The molecule has 0 spiro atoms. The normalized spacial score (nSPS) is 11.4. The van der Waals surface area contributed by atoms with Gasteiger partial charge in [-0.15, -0.1) is 0 Å². The first-order chi connectivity index (χ1) is 9.25. The van der Waals surface area contributed by atoms with E-state index in [4.69, 9.17) is 0 Å². The van der Waals surface area contributed by atoms with Crippen molar-refractivity contribution in [3.63, 3.8) is 0 Å². The maximum absolute atomic E-state index is 11.7. The lowest BCUT2D eigenvalue weighted by molar-refractivity contribution is -0.116. The molecule has 0 aliphatic carbocycles. The molecule has 5 nitrogen and oxygen atoms in total. The molecule has 6 heteroatoms. The van der Waals surface area contributed by atoms with Crippen molar-refractivity contribution in [2.45, 2.75) is 27.7 Å². The molecule has 0 aliphatic heterocycles. The number of carbonyl (C=O) groups is 1. The Balaban J connectivity index is 2.82. The summed E-state index contributed by atoms with van der Waals surface area (Å²) in [7, 11) is -3.23. The summed E-state index contributed by atoms with van der Waals surface area (Å²) in [5.74, 6) is -0.0675. The van der Waals surface area contributed by atoms with Gasteiger partial charge in [-0.1, -0.05) is 6.07 Å². The Hall–Kier alpha value is -1.40. The van der Waals surface area contributed by atoms with Crippen LogP contribution in [-0.4, -0.2) is 33.2 Å². The molecule has 0 radical (unpaired) electrons. The first-order valence-electron chi connectivity index (χ1n) is 6.59. The summed E-state index contributed by atoms with van der Waals surface area (Å²) in [6.45, 7) is 7.52. The number of rotatable bonds is 6. The molecule has 0 fully saturated rings. The van der Waals surface area contributed by atoms with Crippen LogP contribution in [0.4, 0.5) is 5.69 Å². The Morgan fingerprint density at radius 2 is 1.75 bits per heavy atom. The van der Waals surface area contributed by atoms with Crippen molar-refractivity contribution in [1.82, 2.24) is 4.72 Å². The second kappa shape index (κ2) is 6.85. The molecule has 1 amide bonds. The maximum atomic E-state index is 11.7. The van der Waals surface area contributed by atoms with Crippen molar-refractivity contribution in [3.8, 4) is 0 Å². The third kappa shape index (κ3) is 4.94. The summed E-state index contributed by atoms with van der Waals surface area (Å²) in [4.78, 5) is 13.3. The van der Waals surface area contributed by atoms with Crippen LogP contribution in [0.1, 0.15) is 25.0 Å². The smallest absolute Gasteiger partial charge is 0.223 e. The molecule has 20 heavy (non-hydrogen) atoms. The van der Waals surface area contributed by atoms with Crippen molar-refractivity contribution in [2.75, 3.05) is 23.7 Å². The second-order valence-corrected chi connectivity index (χ2v) is 6.91. The fraction of sp³-hybridized carbons (Fsp3) is 0.500. The number of nitrogens with zero attached hydrogens (tertiary/aromatic N) is 1. The van der Waals surface area contributed by atoms with Gasteiger partial charge in [-0.05, 0) is 44.0 Å². The van der Waals surface area contributed by atoms with Crippen LogP contribution in [0.3, 0.4) is 0 Å². The van der Waals surface area contributed by atoms with Gasteiger partial charge in [0.1, 0.15) is 0 Å². The Kier molecular flexibility index (Phi) is 5.71. The molecule has 0 bridgehead atoms. The van der Waals surface area contributed by atoms with Crippen LogP contribution in [0, 0.1) is 13.8 Å². The van der Waals surface area contributed by atoms with Crippen molar-refractivity contribution < 1.29 is 13.2 Å². The average Bonchev–Trinajstić information content (AvgIpc) is 2.33. The molecule has 1 aromatic carbocycles. The lowest BCUT2D eigenvalue weighted by Crippen LogP contribution is -2.38. The van der Waals surface area contributed by atoms with E-state index in [9.17, 15) is 13.2 Å². The maximum Gasteiger partial charge on any atom is 0.223 e. The van der Waals surface area contributed by atoms with E-state index in [1.54, 1.807) is 11.8 Å². The van der Waals surface area contributed by atoms with Crippen LogP contribution < -0.4 is 9.62 Å². The van der Waals surface area contributed by atoms with Crippen LogP contribution in [-0.2, 0) is 14.8 Å². The fourth-order valence-corrected chi connectivity index (χ4v) is 2.60. The number of anilines is 1. The first kappa shape index (κ1) is 16.7. The summed E-state index contributed by atoms with van der Waals surface area (Å²) >= 11 is 0. The predicted octanol–water partition coefficient (Wildman–Crippen LogP) is 1.60. The minimum atomic E-state index is -3.23. The van der Waals surface area contributed by atoms with Gasteiger partial charge in [0.25, 0.3) is 0 Å². The standard InChI is InChI=1S/C14H22N2O3S/c1-5-20(18,19)15-6-7-16(13(4)17)14-9-11(2)8-12(3)10-14/h8-10,15H,5-7H2,1-4H3. The summed E-state index contributed by atoms with van der Waals surface area (Å²) in [5, 5.41) is 0. The zero-order valence-corrected chi connectivity index (χ0v) is 13.3. The van der Waals surface area contributed by atoms with Gasteiger partial charge in [0.2, 0.25) is 15.9 Å². The highest BCUT2D eigenvalue weighted by molar-refractivity contribution is 7.89. The number of aryl methyl sites for hydroxylation is 2. The Bertz CT molecular complexity index is 562. The van der Waals surface area contributed by atoms with Crippen molar-refractivity contribution in [1.29, 1.82) is 0 Å². The lowest BCUT2D eigenvalue weighted by Gasteiger charge is -2.22. The molecule has 0 unspecified atom stereocenters. The zero-order valence-electron chi connectivity index (χ0n) is 12.4. The third-order valence-corrected chi connectivity index (χ3v) is 4.34. The number of carbonyl (C=O) groups excluding carboxylic acids is 1. The minimum absolute atomic E-state index is 0.0383. The Morgan fingerprint density at radius 3 is 2.20 bits per heavy atom. The van der Waals surface area contributed by atoms with Crippen molar-refractivity contribution in [3.05, 3.63) is 29.3 Å². The molecule has 1 aromatic rings. The molecule has 0 aliphatic rings. The number of nitrogens with one attached hydrogen (secondary N) is 1. The van der Waals surface area contributed by atoms with Crippen LogP contribution in [0.2, 0.25) is 0 Å². The van der Waals surface area contributed by atoms with Crippen molar-refractivity contribution >= 4 is 21.6 Å². The largest absolute Gasteiger partial charge is 0.311 e. The van der Waals surface area contributed by atoms with E-state index in [0.29, 0.717) is 6.54 Å². The highest BCUT2D eigenvalue weighted by Crippen LogP contribution is 2.18. The van der Waals surface area contributed by atoms with Gasteiger partial charge in [0, 0.05) is 25.7 Å². The van der Waals surface area contributed by atoms with Crippen LogP contribution in [0.25, 0.3) is 0 Å². The summed E-state index contributed by atoms with van der Waals surface area (Å²) in [6.07, 6.45) is 0. The van der Waals surface area contributed by atoms with Crippen LogP contribution >= 0.6 is 0 Å².